The molecule has 1 aromatic carbocycles. The monoisotopic (exact) mass is 440 g/mol. The summed E-state index contributed by atoms with van der Waals surface area (Å²) in [5.74, 6) is 1.02. The second-order valence-electron chi connectivity index (χ2n) is 10.2. The summed E-state index contributed by atoms with van der Waals surface area (Å²) in [6, 6.07) is 17.6. The third-order valence-electron chi connectivity index (χ3n) is 7.96. The summed E-state index contributed by atoms with van der Waals surface area (Å²) in [4.78, 5) is 22.5. The quantitative estimate of drug-likeness (QED) is 0.609. The first-order valence-corrected chi connectivity index (χ1v) is 12.3. The third-order valence-corrected chi connectivity index (χ3v) is 7.96. The van der Waals surface area contributed by atoms with Crippen molar-refractivity contribution in [1.29, 1.82) is 0 Å². The van der Waals surface area contributed by atoms with Gasteiger partial charge in [0.15, 0.2) is 0 Å². The Balaban J connectivity index is 1.19. The van der Waals surface area contributed by atoms with E-state index in [1.165, 1.54) is 36.2 Å². The fourth-order valence-corrected chi connectivity index (χ4v) is 6.24. The van der Waals surface area contributed by atoms with Gasteiger partial charge in [0, 0.05) is 80.1 Å². The number of hydrogen-bond acceptors (Lipinski definition) is 4. The maximum absolute atomic E-state index is 13.0. The van der Waals surface area contributed by atoms with E-state index in [-0.39, 0.29) is 5.56 Å². The summed E-state index contributed by atoms with van der Waals surface area (Å²) in [5, 5.41) is 0. The number of aryl methyl sites for hydroxylation is 1. The van der Waals surface area contributed by atoms with E-state index in [4.69, 9.17) is 0 Å². The molecule has 2 atom stereocenters. The van der Waals surface area contributed by atoms with Crippen LogP contribution in [0.15, 0.2) is 65.7 Å². The van der Waals surface area contributed by atoms with E-state index in [2.05, 4.69) is 56.6 Å². The van der Waals surface area contributed by atoms with Crippen LogP contribution >= 0.6 is 0 Å². The second kappa shape index (κ2) is 8.45. The molecule has 3 aromatic rings. The molecule has 0 aliphatic carbocycles. The Morgan fingerprint density at radius 3 is 2.52 bits per heavy atom. The Bertz CT molecular complexity index is 1180. The lowest BCUT2D eigenvalue weighted by Crippen LogP contribution is -2.53. The standard InChI is InChI=1S/C28H32N4O/c1-20-4-6-25(7-5-20)30-11-8-26(9-12-30)31-17-21-13-24(19-31)27-14-23(15-28(33)32(27)18-21)22-3-2-10-29-16-22/h2-7,10,14-16,21,24,26H,8-9,11-13,17-19H2,1H3/t21-,24+/m0/s1. The number of nitrogens with zero attached hydrogens (tertiary/aromatic N) is 4. The molecular formula is C28H32N4O. The van der Waals surface area contributed by atoms with E-state index in [9.17, 15) is 4.79 Å². The normalized spacial score (nSPS) is 23.4. The van der Waals surface area contributed by atoms with Crippen LogP contribution in [0.3, 0.4) is 0 Å². The van der Waals surface area contributed by atoms with Crippen LogP contribution in [0.4, 0.5) is 5.69 Å². The summed E-state index contributed by atoms with van der Waals surface area (Å²) >= 11 is 0. The maximum Gasteiger partial charge on any atom is 0.251 e. The van der Waals surface area contributed by atoms with Gasteiger partial charge in [0.05, 0.1) is 0 Å². The highest BCUT2D eigenvalue weighted by Gasteiger charge is 2.38. The van der Waals surface area contributed by atoms with E-state index in [1.54, 1.807) is 12.3 Å². The Labute approximate surface area is 195 Å². The lowest BCUT2D eigenvalue weighted by atomic mass is 9.81. The molecule has 0 unspecified atom stereocenters. The zero-order valence-electron chi connectivity index (χ0n) is 19.4. The fraction of sp³-hybridized carbons (Fsp3) is 0.429. The summed E-state index contributed by atoms with van der Waals surface area (Å²) in [6.07, 6.45) is 7.27. The first kappa shape index (κ1) is 20.7. The minimum absolute atomic E-state index is 0.140. The topological polar surface area (TPSA) is 41.4 Å². The predicted molar refractivity (Wildman–Crippen MR) is 133 cm³/mol. The number of benzene rings is 1. The van der Waals surface area contributed by atoms with Crippen LogP contribution in [-0.2, 0) is 6.54 Å². The Morgan fingerprint density at radius 2 is 1.76 bits per heavy atom. The van der Waals surface area contributed by atoms with Crippen molar-refractivity contribution in [2.45, 2.75) is 44.7 Å². The SMILES string of the molecule is Cc1ccc(N2CCC(N3C[C@@H]4C[C@H](C3)c3cc(-c5cccnc5)cc(=O)n3C4)CC2)cc1. The minimum Gasteiger partial charge on any atom is -0.371 e. The molecule has 5 heterocycles. The summed E-state index contributed by atoms with van der Waals surface area (Å²) < 4.78 is 2.05. The first-order valence-electron chi connectivity index (χ1n) is 12.3. The third kappa shape index (κ3) is 3.99. The number of rotatable bonds is 3. The highest BCUT2D eigenvalue weighted by Crippen LogP contribution is 2.38. The van der Waals surface area contributed by atoms with Gasteiger partial charge in [-0.05, 0) is 61.9 Å². The molecular weight excluding hydrogens is 408 g/mol. The van der Waals surface area contributed by atoms with Gasteiger partial charge in [-0.1, -0.05) is 23.8 Å². The molecule has 5 heteroatoms. The van der Waals surface area contributed by atoms with Gasteiger partial charge in [-0.15, -0.1) is 0 Å². The van der Waals surface area contributed by atoms with E-state index >= 15 is 0 Å². The second-order valence-corrected chi connectivity index (χ2v) is 10.2. The van der Waals surface area contributed by atoms with Crippen LogP contribution in [0.2, 0.25) is 0 Å². The highest BCUT2D eigenvalue weighted by atomic mass is 16.1. The van der Waals surface area contributed by atoms with Gasteiger partial charge in [-0.3, -0.25) is 14.7 Å². The van der Waals surface area contributed by atoms with Gasteiger partial charge in [0.25, 0.3) is 5.56 Å². The number of anilines is 1. The average molecular weight is 441 g/mol. The minimum atomic E-state index is 0.140. The Morgan fingerprint density at radius 1 is 0.939 bits per heavy atom. The van der Waals surface area contributed by atoms with Crippen LogP contribution in [0.5, 0.6) is 0 Å². The van der Waals surface area contributed by atoms with Crippen LogP contribution < -0.4 is 10.5 Å². The van der Waals surface area contributed by atoms with E-state index in [0.29, 0.717) is 17.9 Å². The lowest BCUT2D eigenvalue weighted by molar-refractivity contribution is 0.0705. The number of pyridine rings is 2. The number of piperidine rings is 2. The van der Waals surface area contributed by atoms with Crippen LogP contribution in [0.1, 0.15) is 36.4 Å². The van der Waals surface area contributed by atoms with Crippen LogP contribution in [-0.4, -0.2) is 46.7 Å². The van der Waals surface area contributed by atoms with Crippen molar-refractivity contribution in [1.82, 2.24) is 14.5 Å². The fourth-order valence-electron chi connectivity index (χ4n) is 6.24. The zero-order chi connectivity index (χ0) is 22.4. The molecule has 2 bridgehead atoms. The van der Waals surface area contributed by atoms with Crippen LogP contribution in [0, 0.1) is 12.8 Å². The molecule has 0 spiro atoms. The van der Waals surface area contributed by atoms with E-state index in [1.807, 2.05) is 18.3 Å². The molecule has 0 amide bonds. The van der Waals surface area contributed by atoms with Gasteiger partial charge in [-0.2, -0.15) is 0 Å². The van der Waals surface area contributed by atoms with Crippen molar-refractivity contribution in [3.05, 3.63) is 82.5 Å². The van der Waals surface area contributed by atoms with Crippen molar-refractivity contribution in [3.8, 4) is 11.1 Å². The molecule has 3 aliphatic rings. The largest absolute Gasteiger partial charge is 0.371 e. The Hall–Kier alpha value is -2.92. The van der Waals surface area contributed by atoms with Crippen molar-refractivity contribution in [2.75, 3.05) is 31.1 Å². The van der Waals surface area contributed by atoms with Crippen molar-refractivity contribution >= 4 is 5.69 Å². The summed E-state index contributed by atoms with van der Waals surface area (Å²) in [5.41, 5.74) is 6.06. The number of likely N-dealkylation sites (tertiary alicyclic amines) is 1. The number of hydrogen-bond donors (Lipinski definition) is 0. The van der Waals surface area contributed by atoms with Gasteiger partial charge in [0.2, 0.25) is 0 Å². The first-order chi connectivity index (χ1) is 16.1. The average Bonchev–Trinajstić information content (AvgIpc) is 2.86. The van der Waals surface area contributed by atoms with Crippen molar-refractivity contribution in [3.63, 3.8) is 0 Å². The molecule has 170 valence electrons. The zero-order valence-corrected chi connectivity index (χ0v) is 19.4. The van der Waals surface area contributed by atoms with Crippen molar-refractivity contribution < 1.29 is 0 Å². The lowest BCUT2D eigenvalue weighted by Gasteiger charge is -2.48. The molecule has 5 nitrogen and oxygen atoms in total. The Kier molecular flexibility index (Phi) is 5.30. The molecule has 6 rings (SSSR count). The molecule has 33 heavy (non-hydrogen) atoms. The number of aromatic nitrogens is 2. The molecule has 3 aliphatic heterocycles. The maximum atomic E-state index is 13.0. The summed E-state index contributed by atoms with van der Waals surface area (Å²) in [7, 11) is 0. The van der Waals surface area contributed by atoms with Gasteiger partial charge in [-0.25, -0.2) is 0 Å². The van der Waals surface area contributed by atoms with E-state index in [0.717, 1.165) is 43.9 Å². The van der Waals surface area contributed by atoms with Gasteiger partial charge >= 0.3 is 0 Å². The van der Waals surface area contributed by atoms with Gasteiger partial charge < -0.3 is 9.47 Å². The molecule has 2 fully saturated rings. The predicted octanol–water partition coefficient (Wildman–Crippen LogP) is 4.31. The molecule has 2 aromatic heterocycles. The molecule has 0 radical (unpaired) electrons. The molecule has 2 saturated heterocycles. The van der Waals surface area contributed by atoms with Crippen molar-refractivity contribution in [2.24, 2.45) is 5.92 Å². The molecule has 0 saturated carbocycles. The smallest absolute Gasteiger partial charge is 0.251 e. The van der Waals surface area contributed by atoms with Crippen LogP contribution in [0.25, 0.3) is 11.1 Å². The molecule has 0 N–H and O–H groups in total. The van der Waals surface area contributed by atoms with Gasteiger partial charge in [0.1, 0.15) is 0 Å². The number of fused-ring (bicyclic) bond motifs is 4. The highest BCUT2D eigenvalue weighted by molar-refractivity contribution is 5.62. The summed E-state index contributed by atoms with van der Waals surface area (Å²) in [6.45, 7) is 7.46. The van der Waals surface area contributed by atoms with E-state index < -0.39 is 0 Å².